The molecule has 0 radical (unpaired) electrons. The Hall–Kier alpha value is -2.51. The summed E-state index contributed by atoms with van der Waals surface area (Å²) in [4.78, 5) is 20.7. The lowest BCUT2D eigenvalue weighted by atomic mass is 10.2. The monoisotopic (exact) mass is 256 g/mol. The van der Waals surface area contributed by atoms with Gasteiger partial charge in [-0.05, 0) is 0 Å². The van der Waals surface area contributed by atoms with E-state index >= 15 is 0 Å². The zero-order valence-electron chi connectivity index (χ0n) is 9.80. The van der Waals surface area contributed by atoms with Crippen molar-refractivity contribution < 1.29 is 24.3 Å². The predicted octanol–water partition coefficient (Wildman–Crippen LogP) is 1.11. The molecule has 0 saturated carbocycles. The number of carboxylic acids is 1. The van der Waals surface area contributed by atoms with E-state index in [4.69, 9.17) is 14.6 Å². The summed E-state index contributed by atoms with van der Waals surface area (Å²) in [5, 5.41) is 21.8. The lowest BCUT2D eigenvalue weighted by molar-refractivity contribution is -0.384. The molecule has 98 valence electrons. The van der Waals surface area contributed by atoms with Crippen molar-refractivity contribution in [3.63, 3.8) is 0 Å². The summed E-state index contributed by atoms with van der Waals surface area (Å²) >= 11 is 0. The molecule has 0 aliphatic heterocycles. The molecule has 0 aromatic heterocycles. The molecule has 0 bridgehead atoms. The first kappa shape index (κ1) is 13.6. The molecule has 0 aliphatic rings. The smallest absolute Gasteiger partial charge is 0.322 e. The van der Waals surface area contributed by atoms with Crippen LogP contribution in [-0.2, 0) is 4.79 Å². The van der Waals surface area contributed by atoms with Gasteiger partial charge in [0.05, 0.1) is 25.2 Å². The van der Waals surface area contributed by atoms with E-state index in [0.29, 0.717) is 0 Å². The van der Waals surface area contributed by atoms with Gasteiger partial charge in [-0.1, -0.05) is 0 Å². The van der Waals surface area contributed by atoms with Gasteiger partial charge in [0.15, 0.2) is 11.5 Å². The van der Waals surface area contributed by atoms with Gasteiger partial charge < -0.3 is 19.9 Å². The van der Waals surface area contributed by atoms with E-state index in [9.17, 15) is 14.9 Å². The van der Waals surface area contributed by atoms with E-state index < -0.39 is 17.4 Å². The van der Waals surface area contributed by atoms with E-state index in [-0.39, 0.29) is 22.9 Å². The third kappa shape index (κ3) is 3.00. The van der Waals surface area contributed by atoms with E-state index in [1.807, 2.05) is 0 Å². The van der Waals surface area contributed by atoms with Gasteiger partial charge in [0.1, 0.15) is 12.2 Å². The number of nitro benzene ring substituents is 1. The number of carbonyl (C=O) groups is 1. The number of hydrogen-bond acceptors (Lipinski definition) is 6. The average molecular weight is 256 g/mol. The Balaban J connectivity index is 3.20. The topological polar surface area (TPSA) is 111 Å². The van der Waals surface area contributed by atoms with E-state index in [1.54, 1.807) is 0 Å². The molecule has 1 rings (SSSR count). The maximum atomic E-state index is 10.9. The molecule has 0 heterocycles. The molecule has 1 aromatic carbocycles. The molecular formula is C10H12N2O6. The maximum Gasteiger partial charge on any atom is 0.322 e. The second-order valence-electron chi connectivity index (χ2n) is 3.23. The fraction of sp³-hybridized carbons (Fsp3) is 0.300. The van der Waals surface area contributed by atoms with Crippen LogP contribution in [0.3, 0.4) is 0 Å². The fourth-order valence-electron chi connectivity index (χ4n) is 1.33. The summed E-state index contributed by atoms with van der Waals surface area (Å²) in [5.41, 5.74) is -0.228. The van der Waals surface area contributed by atoms with Crippen molar-refractivity contribution in [3.8, 4) is 11.5 Å². The number of nitrogens with zero attached hydrogens (tertiary/aromatic N) is 1. The van der Waals surface area contributed by atoms with Gasteiger partial charge in [0.25, 0.3) is 5.69 Å². The lowest BCUT2D eigenvalue weighted by Crippen LogP contribution is -2.13. The summed E-state index contributed by atoms with van der Waals surface area (Å²) in [6.45, 7) is -0.434. The van der Waals surface area contributed by atoms with Crippen molar-refractivity contribution in [1.82, 2.24) is 0 Å². The van der Waals surface area contributed by atoms with Crippen molar-refractivity contribution in [1.29, 1.82) is 0 Å². The zero-order chi connectivity index (χ0) is 13.7. The first-order chi connectivity index (χ1) is 8.49. The second kappa shape index (κ2) is 5.71. The van der Waals surface area contributed by atoms with Crippen molar-refractivity contribution in [2.24, 2.45) is 0 Å². The van der Waals surface area contributed by atoms with Crippen LogP contribution in [0.1, 0.15) is 0 Å². The maximum absolute atomic E-state index is 10.9. The lowest BCUT2D eigenvalue weighted by Gasteiger charge is -2.11. The standard InChI is InChI=1S/C10H12N2O6/c1-17-8-3-6(11-5-10(13)14)7(12(15)16)4-9(8)18-2/h3-4,11H,5H2,1-2H3,(H,13,14). The number of hydrogen-bond donors (Lipinski definition) is 2. The summed E-state index contributed by atoms with van der Waals surface area (Å²) in [7, 11) is 2.73. The Morgan fingerprint density at radius 2 is 1.94 bits per heavy atom. The summed E-state index contributed by atoms with van der Waals surface area (Å²) in [6, 6.07) is 2.49. The minimum atomic E-state index is -1.13. The molecule has 0 atom stereocenters. The Kier molecular flexibility index (Phi) is 4.30. The average Bonchev–Trinajstić information content (AvgIpc) is 2.34. The Bertz CT molecular complexity index is 474. The SMILES string of the molecule is COc1cc(NCC(=O)O)c([N+](=O)[O-])cc1OC. The quantitative estimate of drug-likeness (QED) is 0.579. The number of anilines is 1. The van der Waals surface area contributed by atoms with Crippen LogP contribution in [0.25, 0.3) is 0 Å². The van der Waals surface area contributed by atoms with Crippen LogP contribution in [0.2, 0.25) is 0 Å². The molecule has 0 fully saturated rings. The number of methoxy groups -OCH3 is 2. The van der Waals surface area contributed by atoms with Crippen molar-refractivity contribution in [3.05, 3.63) is 22.2 Å². The van der Waals surface area contributed by atoms with Crippen LogP contribution in [0, 0.1) is 10.1 Å². The van der Waals surface area contributed by atoms with Crippen LogP contribution in [0.4, 0.5) is 11.4 Å². The van der Waals surface area contributed by atoms with E-state index in [2.05, 4.69) is 5.32 Å². The highest BCUT2D eigenvalue weighted by Crippen LogP contribution is 2.37. The van der Waals surface area contributed by atoms with Gasteiger partial charge in [-0.25, -0.2) is 0 Å². The van der Waals surface area contributed by atoms with Crippen LogP contribution in [0.5, 0.6) is 11.5 Å². The third-order valence-corrected chi connectivity index (χ3v) is 2.13. The number of ether oxygens (including phenoxy) is 2. The first-order valence-electron chi connectivity index (χ1n) is 4.85. The van der Waals surface area contributed by atoms with Crippen LogP contribution < -0.4 is 14.8 Å². The molecule has 0 saturated heterocycles. The molecule has 8 nitrogen and oxygen atoms in total. The molecule has 8 heteroatoms. The highest BCUT2D eigenvalue weighted by molar-refractivity contribution is 5.76. The largest absolute Gasteiger partial charge is 0.493 e. The van der Waals surface area contributed by atoms with E-state index in [1.165, 1.54) is 26.4 Å². The molecule has 0 aliphatic carbocycles. The number of nitro groups is 1. The van der Waals surface area contributed by atoms with Gasteiger partial charge in [-0.15, -0.1) is 0 Å². The molecular weight excluding hydrogens is 244 g/mol. The molecule has 2 N–H and O–H groups in total. The Morgan fingerprint density at radius 3 is 2.39 bits per heavy atom. The first-order valence-corrected chi connectivity index (χ1v) is 4.85. The number of aliphatic carboxylic acids is 1. The minimum absolute atomic E-state index is 0.0556. The molecule has 0 unspecified atom stereocenters. The zero-order valence-corrected chi connectivity index (χ0v) is 9.80. The highest BCUT2D eigenvalue weighted by atomic mass is 16.6. The molecule has 0 spiro atoms. The van der Waals surface area contributed by atoms with Gasteiger partial charge in [-0.3, -0.25) is 14.9 Å². The number of benzene rings is 1. The molecule has 18 heavy (non-hydrogen) atoms. The highest BCUT2D eigenvalue weighted by Gasteiger charge is 2.19. The second-order valence-corrected chi connectivity index (χ2v) is 3.23. The van der Waals surface area contributed by atoms with Crippen molar-refractivity contribution >= 4 is 17.3 Å². The summed E-state index contributed by atoms with van der Waals surface area (Å²) in [6.07, 6.45) is 0. The van der Waals surface area contributed by atoms with Crippen LogP contribution >= 0.6 is 0 Å². The van der Waals surface area contributed by atoms with Crippen LogP contribution in [0.15, 0.2) is 12.1 Å². The van der Waals surface area contributed by atoms with E-state index in [0.717, 1.165) is 0 Å². The number of rotatable bonds is 6. The van der Waals surface area contributed by atoms with Gasteiger partial charge >= 0.3 is 5.97 Å². The van der Waals surface area contributed by atoms with Gasteiger partial charge in [0.2, 0.25) is 0 Å². The summed E-state index contributed by atoms with van der Waals surface area (Å²) < 4.78 is 9.92. The Morgan fingerprint density at radius 1 is 1.39 bits per heavy atom. The number of carboxylic acid groups (broad SMARTS) is 1. The third-order valence-electron chi connectivity index (χ3n) is 2.13. The normalized spacial score (nSPS) is 9.67. The predicted molar refractivity (Wildman–Crippen MR) is 62.3 cm³/mol. The summed E-state index contributed by atoms with van der Waals surface area (Å²) in [5.74, 6) is -0.653. The minimum Gasteiger partial charge on any atom is -0.493 e. The van der Waals surface area contributed by atoms with Crippen LogP contribution in [-0.4, -0.2) is 36.8 Å². The van der Waals surface area contributed by atoms with Crippen molar-refractivity contribution in [2.45, 2.75) is 0 Å². The van der Waals surface area contributed by atoms with Gasteiger partial charge in [0, 0.05) is 6.07 Å². The number of nitrogens with one attached hydrogen (secondary N) is 1. The van der Waals surface area contributed by atoms with Gasteiger partial charge in [-0.2, -0.15) is 0 Å². The van der Waals surface area contributed by atoms with Crippen molar-refractivity contribution in [2.75, 3.05) is 26.1 Å². The Labute approximate surface area is 102 Å². The molecule has 1 aromatic rings. The molecule has 0 amide bonds. The fourth-order valence-corrected chi connectivity index (χ4v) is 1.33.